The van der Waals surface area contributed by atoms with E-state index >= 15 is 0 Å². The first-order valence-electron chi connectivity index (χ1n) is 8.28. The maximum atomic E-state index is 12.1. The molecule has 1 amide bonds. The van der Waals surface area contributed by atoms with Gasteiger partial charge in [-0.3, -0.25) is 4.79 Å². The van der Waals surface area contributed by atoms with Crippen LogP contribution < -0.4 is 10.6 Å². The second kappa shape index (κ2) is 8.45. The topological polar surface area (TPSA) is 66.9 Å². The van der Waals surface area contributed by atoms with Gasteiger partial charge in [-0.05, 0) is 48.7 Å². The molecule has 3 aromatic rings. The molecule has 2 aromatic carbocycles. The minimum Gasteiger partial charge on any atom is -0.350 e. The Morgan fingerprint density at radius 3 is 2.58 bits per heavy atom. The van der Waals surface area contributed by atoms with Gasteiger partial charge in [0.1, 0.15) is 11.5 Å². The fourth-order valence-electron chi connectivity index (χ4n) is 2.44. The monoisotopic (exact) mass is 366 g/mol. The van der Waals surface area contributed by atoms with E-state index in [9.17, 15) is 4.79 Å². The van der Waals surface area contributed by atoms with Gasteiger partial charge in [0.15, 0.2) is 0 Å². The predicted molar refractivity (Wildman–Crippen MR) is 104 cm³/mol. The van der Waals surface area contributed by atoms with Gasteiger partial charge >= 0.3 is 0 Å². The van der Waals surface area contributed by atoms with E-state index in [0.29, 0.717) is 17.4 Å². The van der Waals surface area contributed by atoms with Crippen LogP contribution in [0.3, 0.4) is 0 Å². The van der Waals surface area contributed by atoms with Gasteiger partial charge in [-0.1, -0.05) is 35.9 Å². The maximum absolute atomic E-state index is 12.1. The Hall–Kier alpha value is -2.92. The molecule has 1 heterocycles. The Bertz CT molecular complexity index is 879. The van der Waals surface area contributed by atoms with E-state index in [0.717, 1.165) is 23.2 Å². The SMILES string of the molecule is Cc1cccc(Nc2cnc(C(=O)NCCc3ccc(Cl)cc3)cn2)c1. The van der Waals surface area contributed by atoms with Gasteiger partial charge in [-0.2, -0.15) is 0 Å². The van der Waals surface area contributed by atoms with Crippen molar-refractivity contribution >= 4 is 29.0 Å². The smallest absolute Gasteiger partial charge is 0.271 e. The van der Waals surface area contributed by atoms with Crippen molar-refractivity contribution in [1.29, 1.82) is 0 Å². The standard InChI is InChI=1S/C20H19ClN4O/c1-14-3-2-4-17(11-14)25-19-13-23-18(12-24-19)20(26)22-10-9-15-5-7-16(21)8-6-15/h2-8,11-13H,9-10H2,1H3,(H,22,26)(H,24,25). The molecule has 0 aliphatic carbocycles. The van der Waals surface area contributed by atoms with Crippen molar-refractivity contribution in [2.24, 2.45) is 0 Å². The molecule has 0 fully saturated rings. The highest BCUT2D eigenvalue weighted by atomic mass is 35.5. The Morgan fingerprint density at radius 1 is 1.08 bits per heavy atom. The fourth-order valence-corrected chi connectivity index (χ4v) is 2.57. The number of nitrogens with one attached hydrogen (secondary N) is 2. The number of carbonyl (C=O) groups excluding carboxylic acids is 1. The summed E-state index contributed by atoms with van der Waals surface area (Å²) in [6.45, 7) is 2.54. The molecule has 0 radical (unpaired) electrons. The normalized spacial score (nSPS) is 10.4. The van der Waals surface area contributed by atoms with Gasteiger partial charge in [0.25, 0.3) is 5.91 Å². The number of hydrogen-bond donors (Lipinski definition) is 2. The Kier molecular flexibility index (Phi) is 5.81. The molecule has 0 bridgehead atoms. The van der Waals surface area contributed by atoms with E-state index in [1.54, 1.807) is 6.20 Å². The van der Waals surface area contributed by atoms with Crippen LogP contribution >= 0.6 is 11.6 Å². The number of halogens is 1. The van der Waals surface area contributed by atoms with Gasteiger partial charge in [0.2, 0.25) is 0 Å². The van der Waals surface area contributed by atoms with E-state index in [2.05, 4.69) is 20.6 Å². The Morgan fingerprint density at radius 2 is 1.88 bits per heavy atom. The first-order chi connectivity index (χ1) is 12.6. The minimum absolute atomic E-state index is 0.242. The third kappa shape index (κ3) is 5.04. The van der Waals surface area contributed by atoms with Crippen LogP contribution in [0.15, 0.2) is 60.9 Å². The van der Waals surface area contributed by atoms with Crippen molar-refractivity contribution in [3.63, 3.8) is 0 Å². The highest BCUT2D eigenvalue weighted by molar-refractivity contribution is 6.30. The number of amides is 1. The zero-order chi connectivity index (χ0) is 18.4. The van der Waals surface area contributed by atoms with Crippen molar-refractivity contribution in [2.75, 3.05) is 11.9 Å². The van der Waals surface area contributed by atoms with Crippen molar-refractivity contribution in [2.45, 2.75) is 13.3 Å². The lowest BCUT2D eigenvalue weighted by Crippen LogP contribution is -2.26. The first kappa shape index (κ1) is 17.9. The van der Waals surface area contributed by atoms with Crippen LogP contribution in [-0.2, 0) is 6.42 Å². The molecule has 0 unspecified atom stereocenters. The number of carbonyl (C=O) groups is 1. The molecule has 0 saturated heterocycles. The van der Waals surface area contributed by atoms with E-state index in [1.165, 1.54) is 6.20 Å². The van der Waals surface area contributed by atoms with Crippen LogP contribution in [0.5, 0.6) is 0 Å². The number of aromatic nitrogens is 2. The van der Waals surface area contributed by atoms with Crippen LogP contribution in [-0.4, -0.2) is 22.4 Å². The van der Waals surface area contributed by atoms with E-state index < -0.39 is 0 Å². The summed E-state index contributed by atoms with van der Waals surface area (Å²) in [6, 6.07) is 15.5. The van der Waals surface area contributed by atoms with Gasteiger partial charge < -0.3 is 10.6 Å². The number of rotatable bonds is 6. The largest absolute Gasteiger partial charge is 0.350 e. The number of benzene rings is 2. The molecule has 5 nitrogen and oxygen atoms in total. The summed E-state index contributed by atoms with van der Waals surface area (Å²) in [7, 11) is 0. The molecule has 26 heavy (non-hydrogen) atoms. The molecular formula is C20H19ClN4O. The Labute approximate surface area is 157 Å². The first-order valence-corrected chi connectivity index (χ1v) is 8.66. The van der Waals surface area contributed by atoms with Crippen LogP contribution in [0.4, 0.5) is 11.5 Å². The van der Waals surface area contributed by atoms with Crippen LogP contribution in [0.25, 0.3) is 0 Å². The van der Waals surface area contributed by atoms with Crippen molar-refractivity contribution in [3.05, 3.63) is 82.8 Å². The third-order valence-corrected chi connectivity index (χ3v) is 4.04. The molecule has 2 N–H and O–H groups in total. The lowest BCUT2D eigenvalue weighted by Gasteiger charge is -2.07. The molecule has 0 spiro atoms. The summed E-state index contributed by atoms with van der Waals surface area (Å²) < 4.78 is 0. The lowest BCUT2D eigenvalue weighted by atomic mass is 10.1. The highest BCUT2D eigenvalue weighted by Gasteiger charge is 2.07. The number of aryl methyl sites for hydroxylation is 1. The maximum Gasteiger partial charge on any atom is 0.271 e. The Balaban J connectivity index is 1.52. The average Bonchev–Trinajstić information content (AvgIpc) is 2.64. The molecule has 0 saturated carbocycles. The third-order valence-electron chi connectivity index (χ3n) is 3.79. The number of anilines is 2. The average molecular weight is 367 g/mol. The zero-order valence-corrected chi connectivity index (χ0v) is 15.1. The van der Waals surface area contributed by atoms with E-state index in [4.69, 9.17) is 11.6 Å². The van der Waals surface area contributed by atoms with Crippen LogP contribution in [0.1, 0.15) is 21.6 Å². The summed E-state index contributed by atoms with van der Waals surface area (Å²) in [5.74, 6) is 0.349. The molecule has 0 atom stereocenters. The number of nitrogens with zero attached hydrogens (tertiary/aromatic N) is 2. The molecule has 1 aromatic heterocycles. The zero-order valence-electron chi connectivity index (χ0n) is 14.4. The van der Waals surface area contributed by atoms with Gasteiger partial charge in [-0.15, -0.1) is 0 Å². The van der Waals surface area contributed by atoms with E-state index in [-0.39, 0.29) is 11.6 Å². The van der Waals surface area contributed by atoms with Gasteiger partial charge in [0.05, 0.1) is 12.4 Å². The summed E-state index contributed by atoms with van der Waals surface area (Å²) in [6.07, 6.45) is 3.75. The van der Waals surface area contributed by atoms with Gasteiger partial charge in [-0.25, -0.2) is 9.97 Å². The van der Waals surface area contributed by atoms with Crippen molar-refractivity contribution in [3.8, 4) is 0 Å². The quantitative estimate of drug-likeness (QED) is 0.687. The fraction of sp³-hybridized carbons (Fsp3) is 0.150. The second-order valence-corrected chi connectivity index (χ2v) is 6.35. The summed E-state index contributed by atoms with van der Waals surface area (Å²) in [4.78, 5) is 20.6. The summed E-state index contributed by atoms with van der Waals surface area (Å²) >= 11 is 5.86. The summed E-state index contributed by atoms with van der Waals surface area (Å²) in [5.41, 5.74) is 3.48. The predicted octanol–water partition coefficient (Wildman–Crippen LogP) is 4.15. The van der Waals surface area contributed by atoms with Crippen molar-refractivity contribution in [1.82, 2.24) is 15.3 Å². The molecule has 6 heteroatoms. The molecule has 3 rings (SSSR count). The minimum atomic E-state index is -0.242. The summed E-state index contributed by atoms with van der Waals surface area (Å²) in [5, 5.41) is 6.71. The molecule has 0 aliphatic rings. The number of hydrogen-bond acceptors (Lipinski definition) is 4. The van der Waals surface area contributed by atoms with Crippen molar-refractivity contribution < 1.29 is 4.79 Å². The molecule has 0 aliphatic heterocycles. The lowest BCUT2D eigenvalue weighted by molar-refractivity contribution is 0.0949. The van der Waals surface area contributed by atoms with Gasteiger partial charge in [0, 0.05) is 17.3 Å². The molecular weight excluding hydrogens is 348 g/mol. The second-order valence-electron chi connectivity index (χ2n) is 5.91. The van der Waals surface area contributed by atoms with Crippen LogP contribution in [0, 0.1) is 6.92 Å². The molecule has 132 valence electrons. The van der Waals surface area contributed by atoms with E-state index in [1.807, 2.05) is 55.5 Å². The highest BCUT2D eigenvalue weighted by Crippen LogP contribution is 2.15. The van der Waals surface area contributed by atoms with Crippen LogP contribution in [0.2, 0.25) is 5.02 Å².